The summed E-state index contributed by atoms with van der Waals surface area (Å²) in [4.78, 5) is 0. The third kappa shape index (κ3) is 3.01. The van der Waals surface area contributed by atoms with E-state index in [4.69, 9.17) is 11.2 Å². The van der Waals surface area contributed by atoms with Crippen molar-refractivity contribution >= 4 is 0 Å². The Morgan fingerprint density at radius 3 is 2.71 bits per heavy atom. The summed E-state index contributed by atoms with van der Waals surface area (Å²) in [6.07, 6.45) is 11.6. The number of hydrogen-bond acceptors (Lipinski definition) is 2. The average molecular weight is 196 g/mol. The molecule has 1 saturated carbocycles. The van der Waals surface area contributed by atoms with E-state index in [1.54, 1.807) is 7.11 Å². The Balaban J connectivity index is 2.19. The van der Waals surface area contributed by atoms with Crippen molar-refractivity contribution in [3.05, 3.63) is 0 Å². The maximum absolute atomic E-state index is 9.76. The molecule has 1 N–H and O–H groups in total. The first-order valence-electron chi connectivity index (χ1n) is 5.39. The Morgan fingerprint density at radius 1 is 1.57 bits per heavy atom. The lowest BCUT2D eigenvalue weighted by Gasteiger charge is -2.41. The second-order valence-corrected chi connectivity index (χ2v) is 4.19. The Hall–Kier alpha value is -0.520. The first-order chi connectivity index (χ1) is 6.72. The fourth-order valence-corrected chi connectivity index (χ4v) is 2.03. The quantitative estimate of drug-likeness (QED) is 0.521. The van der Waals surface area contributed by atoms with Crippen molar-refractivity contribution in [1.29, 1.82) is 0 Å². The average Bonchev–Trinajstić information content (AvgIpc) is 2.12. The van der Waals surface area contributed by atoms with Gasteiger partial charge < -0.3 is 9.84 Å². The summed E-state index contributed by atoms with van der Waals surface area (Å²) < 4.78 is 5.45. The zero-order valence-corrected chi connectivity index (χ0v) is 8.96. The predicted octanol–water partition coefficient (Wildman–Crippen LogP) is 2.11. The lowest BCUT2D eigenvalue weighted by Crippen LogP contribution is -2.42. The minimum atomic E-state index is -0.247. The van der Waals surface area contributed by atoms with E-state index >= 15 is 0 Å². The third-order valence-corrected chi connectivity index (χ3v) is 3.16. The van der Waals surface area contributed by atoms with Crippen molar-refractivity contribution in [1.82, 2.24) is 0 Å². The highest BCUT2D eigenvalue weighted by molar-refractivity contribution is 4.91. The van der Waals surface area contributed by atoms with Gasteiger partial charge in [0, 0.05) is 20.0 Å². The molecular formula is C12H20O2. The van der Waals surface area contributed by atoms with Crippen molar-refractivity contribution < 1.29 is 9.84 Å². The topological polar surface area (TPSA) is 29.5 Å². The van der Waals surface area contributed by atoms with Crippen molar-refractivity contribution in [2.75, 3.05) is 7.11 Å². The largest absolute Gasteiger partial charge is 0.393 e. The number of hydrogen-bond donors (Lipinski definition) is 1. The molecule has 0 saturated heterocycles. The molecule has 0 aromatic rings. The highest BCUT2D eigenvalue weighted by Crippen LogP contribution is 2.39. The molecule has 2 heteroatoms. The Bertz CT molecular complexity index is 195. The van der Waals surface area contributed by atoms with E-state index < -0.39 is 0 Å². The molecule has 1 atom stereocenters. The second kappa shape index (κ2) is 5.38. The van der Waals surface area contributed by atoms with Crippen molar-refractivity contribution in [3.63, 3.8) is 0 Å². The Morgan fingerprint density at radius 2 is 2.29 bits per heavy atom. The molecule has 1 aliphatic carbocycles. The lowest BCUT2D eigenvalue weighted by molar-refractivity contribution is -0.100. The van der Waals surface area contributed by atoms with Gasteiger partial charge in [-0.15, -0.1) is 12.3 Å². The van der Waals surface area contributed by atoms with Gasteiger partial charge in [-0.1, -0.05) is 0 Å². The van der Waals surface area contributed by atoms with Gasteiger partial charge in [-0.25, -0.2) is 0 Å². The van der Waals surface area contributed by atoms with Crippen LogP contribution in [-0.4, -0.2) is 23.9 Å². The fourth-order valence-electron chi connectivity index (χ4n) is 2.03. The summed E-state index contributed by atoms with van der Waals surface area (Å²) in [7, 11) is 1.74. The molecule has 0 bridgehead atoms. The SMILES string of the molecule is C#CCCCC(O)CC1(OC)CCC1. The lowest BCUT2D eigenvalue weighted by atomic mass is 9.75. The van der Waals surface area contributed by atoms with Crippen LogP contribution in [0.2, 0.25) is 0 Å². The van der Waals surface area contributed by atoms with Crippen LogP contribution in [0.15, 0.2) is 0 Å². The van der Waals surface area contributed by atoms with Crippen LogP contribution < -0.4 is 0 Å². The minimum absolute atomic E-state index is 0.0183. The van der Waals surface area contributed by atoms with E-state index in [0.29, 0.717) is 0 Å². The maximum atomic E-state index is 9.76. The number of methoxy groups -OCH3 is 1. The molecule has 0 aliphatic heterocycles. The molecule has 1 unspecified atom stereocenters. The molecule has 1 aliphatic rings. The summed E-state index contributed by atoms with van der Waals surface area (Å²) in [5.41, 5.74) is -0.0183. The van der Waals surface area contributed by atoms with Crippen LogP contribution in [0.4, 0.5) is 0 Å². The molecule has 2 nitrogen and oxygen atoms in total. The van der Waals surface area contributed by atoms with Crippen molar-refractivity contribution in [2.24, 2.45) is 0 Å². The number of aliphatic hydroxyl groups is 1. The predicted molar refractivity (Wildman–Crippen MR) is 56.9 cm³/mol. The summed E-state index contributed by atoms with van der Waals surface area (Å²) in [6.45, 7) is 0. The van der Waals surface area contributed by atoms with E-state index in [1.807, 2.05) is 0 Å². The monoisotopic (exact) mass is 196 g/mol. The summed E-state index contributed by atoms with van der Waals surface area (Å²) >= 11 is 0. The molecule has 1 fully saturated rings. The van der Waals surface area contributed by atoms with Gasteiger partial charge in [0.1, 0.15) is 0 Å². The number of ether oxygens (including phenoxy) is 1. The first kappa shape index (κ1) is 11.6. The highest BCUT2D eigenvalue weighted by atomic mass is 16.5. The zero-order chi connectivity index (χ0) is 10.4. The Kier molecular flexibility index (Phi) is 4.44. The molecule has 0 spiro atoms. The van der Waals surface area contributed by atoms with Gasteiger partial charge in [-0.05, 0) is 32.1 Å². The minimum Gasteiger partial charge on any atom is -0.393 e. The van der Waals surface area contributed by atoms with Gasteiger partial charge in [0.15, 0.2) is 0 Å². The summed E-state index contributed by atoms with van der Waals surface area (Å²) in [6, 6.07) is 0. The smallest absolute Gasteiger partial charge is 0.0703 e. The van der Waals surface area contributed by atoms with Crippen LogP contribution in [0.25, 0.3) is 0 Å². The van der Waals surface area contributed by atoms with Gasteiger partial charge in [-0.2, -0.15) is 0 Å². The molecule has 14 heavy (non-hydrogen) atoms. The van der Waals surface area contributed by atoms with Gasteiger partial charge >= 0.3 is 0 Å². The van der Waals surface area contributed by atoms with Crippen LogP contribution in [0.5, 0.6) is 0 Å². The van der Waals surface area contributed by atoms with Crippen LogP contribution in [-0.2, 0) is 4.74 Å². The summed E-state index contributed by atoms with van der Waals surface area (Å²) in [5, 5.41) is 9.76. The molecule has 80 valence electrons. The molecule has 0 aromatic carbocycles. The van der Waals surface area contributed by atoms with Gasteiger partial charge in [0.25, 0.3) is 0 Å². The van der Waals surface area contributed by atoms with Crippen LogP contribution in [0.3, 0.4) is 0 Å². The first-order valence-corrected chi connectivity index (χ1v) is 5.39. The second-order valence-electron chi connectivity index (χ2n) is 4.19. The van der Waals surface area contributed by atoms with E-state index in [1.165, 1.54) is 6.42 Å². The number of unbranched alkanes of at least 4 members (excludes halogenated alkanes) is 1. The zero-order valence-electron chi connectivity index (χ0n) is 8.96. The highest BCUT2D eigenvalue weighted by Gasteiger charge is 2.38. The maximum Gasteiger partial charge on any atom is 0.0703 e. The van der Waals surface area contributed by atoms with E-state index in [2.05, 4.69) is 5.92 Å². The molecule has 0 radical (unpaired) electrons. The van der Waals surface area contributed by atoms with Gasteiger partial charge in [-0.3, -0.25) is 0 Å². The molecule has 0 heterocycles. The molecule has 1 rings (SSSR count). The van der Waals surface area contributed by atoms with Gasteiger partial charge in [0.05, 0.1) is 11.7 Å². The molecule has 0 aromatic heterocycles. The number of aliphatic hydroxyl groups excluding tert-OH is 1. The fraction of sp³-hybridized carbons (Fsp3) is 0.833. The van der Waals surface area contributed by atoms with E-state index in [0.717, 1.165) is 38.5 Å². The number of rotatable bonds is 6. The van der Waals surface area contributed by atoms with Gasteiger partial charge in [0.2, 0.25) is 0 Å². The standard InChI is InChI=1S/C12H20O2/c1-3-4-5-7-11(13)10-12(14-2)8-6-9-12/h1,11,13H,4-10H2,2H3. The normalized spacial score (nSPS) is 20.9. The van der Waals surface area contributed by atoms with Crippen LogP contribution in [0, 0.1) is 12.3 Å². The van der Waals surface area contributed by atoms with E-state index in [9.17, 15) is 5.11 Å². The van der Waals surface area contributed by atoms with Crippen LogP contribution >= 0.6 is 0 Å². The molecular weight excluding hydrogens is 176 g/mol. The third-order valence-electron chi connectivity index (χ3n) is 3.16. The van der Waals surface area contributed by atoms with E-state index in [-0.39, 0.29) is 11.7 Å². The van der Waals surface area contributed by atoms with Crippen LogP contribution in [0.1, 0.15) is 44.9 Å². The molecule has 0 amide bonds. The Labute approximate surface area is 86.7 Å². The number of terminal acetylenes is 1. The van der Waals surface area contributed by atoms with Crippen molar-refractivity contribution in [3.8, 4) is 12.3 Å². The summed E-state index contributed by atoms with van der Waals surface area (Å²) in [5.74, 6) is 2.59. The van der Waals surface area contributed by atoms with Crippen molar-refractivity contribution in [2.45, 2.75) is 56.7 Å².